The third-order valence-corrected chi connectivity index (χ3v) is 4.47. The van der Waals surface area contributed by atoms with Crippen LogP contribution in [0, 0.1) is 0 Å². The number of pyridine rings is 1. The standard InChI is InChI=1S/C17H15N5S/c1-3-13(11-18-8-1)7-9-19-16-5-6-17-20-12-14(22(17)21-16)15-4-2-10-23-15/h1-6,8,10-12H,7,9H2,(H,19,21). The average molecular weight is 321 g/mol. The van der Waals surface area contributed by atoms with Gasteiger partial charge in [-0.2, -0.15) is 0 Å². The summed E-state index contributed by atoms with van der Waals surface area (Å²) in [6.07, 6.45) is 6.46. The number of anilines is 1. The van der Waals surface area contributed by atoms with Gasteiger partial charge in [-0.05, 0) is 41.6 Å². The van der Waals surface area contributed by atoms with Gasteiger partial charge in [0.1, 0.15) is 11.5 Å². The van der Waals surface area contributed by atoms with E-state index in [2.05, 4.69) is 37.9 Å². The molecule has 0 atom stereocenters. The van der Waals surface area contributed by atoms with Crippen LogP contribution in [0.5, 0.6) is 0 Å². The Labute approximate surface area is 137 Å². The Hall–Kier alpha value is -2.73. The van der Waals surface area contributed by atoms with Crippen LogP contribution in [0.25, 0.3) is 16.2 Å². The molecule has 0 aliphatic heterocycles. The minimum absolute atomic E-state index is 0.813. The molecule has 0 unspecified atom stereocenters. The molecule has 4 aromatic rings. The van der Waals surface area contributed by atoms with E-state index in [9.17, 15) is 0 Å². The SMILES string of the molecule is c1cncc(CCNc2ccc3ncc(-c4cccs4)n3n2)c1. The first-order valence-corrected chi connectivity index (χ1v) is 8.29. The fourth-order valence-corrected chi connectivity index (χ4v) is 3.16. The largest absolute Gasteiger partial charge is 0.368 e. The lowest BCUT2D eigenvalue weighted by Crippen LogP contribution is -2.08. The van der Waals surface area contributed by atoms with Crippen molar-refractivity contribution in [3.05, 3.63) is 65.9 Å². The summed E-state index contributed by atoms with van der Waals surface area (Å²) < 4.78 is 1.89. The fraction of sp³-hybridized carbons (Fsp3) is 0.118. The molecule has 4 rings (SSSR count). The minimum Gasteiger partial charge on any atom is -0.368 e. The van der Waals surface area contributed by atoms with E-state index in [0.717, 1.165) is 35.0 Å². The first kappa shape index (κ1) is 13.9. The lowest BCUT2D eigenvalue weighted by atomic mass is 10.2. The number of fused-ring (bicyclic) bond motifs is 1. The summed E-state index contributed by atoms with van der Waals surface area (Å²) in [6, 6.07) is 12.1. The molecule has 5 nitrogen and oxygen atoms in total. The predicted octanol–water partition coefficient (Wildman–Crippen LogP) is 3.51. The third kappa shape index (κ3) is 2.93. The summed E-state index contributed by atoms with van der Waals surface area (Å²) >= 11 is 1.69. The van der Waals surface area contributed by atoms with Crippen molar-refractivity contribution in [3.8, 4) is 10.6 Å². The maximum absolute atomic E-state index is 4.66. The van der Waals surface area contributed by atoms with Gasteiger partial charge in [0.05, 0.1) is 11.1 Å². The maximum atomic E-state index is 4.66. The van der Waals surface area contributed by atoms with Crippen molar-refractivity contribution >= 4 is 22.8 Å². The summed E-state index contributed by atoms with van der Waals surface area (Å²) in [5, 5.41) is 10.1. The second kappa shape index (κ2) is 6.18. The molecule has 0 spiro atoms. The molecule has 1 N–H and O–H groups in total. The van der Waals surface area contributed by atoms with E-state index in [4.69, 9.17) is 0 Å². The molecule has 23 heavy (non-hydrogen) atoms. The van der Waals surface area contributed by atoms with Gasteiger partial charge >= 0.3 is 0 Å². The van der Waals surface area contributed by atoms with Gasteiger partial charge in [-0.3, -0.25) is 4.98 Å². The Morgan fingerprint density at radius 1 is 1.09 bits per heavy atom. The Morgan fingerprint density at radius 3 is 2.91 bits per heavy atom. The van der Waals surface area contributed by atoms with Crippen LogP contribution in [-0.4, -0.2) is 26.1 Å². The van der Waals surface area contributed by atoms with Crippen LogP contribution in [0.15, 0.2) is 60.4 Å². The predicted molar refractivity (Wildman–Crippen MR) is 92.7 cm³/mol. The highest BCUT2D eigenvalue weighted by Crippen LogP contribution is 2.25. The van der Waals surface area contributed by atoms with Crippen molar-refractivity contribution in [1.82, 2.24) is 19.6 Å². The van der Waals surface area contributed by atoms with Crippen LogP contribution in [0.1, 0.15) is 5.56 Å². The smallest absolute Gasteiger partial charge is 0.154 e. The second-order valence-electron chi connectivity index (χ2n) is 5.15. The lowest BCUT2D eigenvalue weighted by molar-refractivity contribution is 0.919. The highest BCUT2D eigenvalue weighted by Gasteiger charge is 2.08. The summed E-state index contributed by atoms with van der Waals surface area (Å²) in [4.78, 5) is 9.71. The van der Waals surface area contributed by atoms with Crippen molar-refractivity contribution in [2.75, 3.05) is 11.9 Å². The Morgan fingerprint density at radius 2 is 2.09 bits per heavy atom. The molecule has 0 aliphatic rings. The summed E-state index contributed by atoms with van der Waals surface area (Å²) in [5.74, 6) is 0.845. The van der Waals surface area contributed by atoms with E-state index >= 15 is 0 Å². The molecule has 0 aliphatic carbocycles. The molecule has 0 amide bonds. The van der Waals surface area contributed by atoms with Gasteiger partial charge < -0.3 is 5.32 Å². The minimum atomic E-state index is 0.813. The van der Waals surface area contributed by atoms with Crippen molar-refractivity contribution in [2.24, 2.45) is 0 Å². The zero-order valence-corrected chi connectivity index (χ0v) is 13.2. The first-order chi connectivity index (χ1) is 11.4. The Kier molecular flexibility index (Phi) is 3.73. The molecule has 0 bridgehead atoms. The topological polar surface area (TPSA) is 55.1 Å². The maximum Gasteiger partial charge on any atom is 0.154 e. The fourth-order valence-electron chi connectivity index (χ4n) is 2.44. The molecule has 4 aromatic heterocycles. The second-order valence-corrected chi connectivity index (χ2v) is 6.10. The molecule has 0 saturated carbocycles. The Bertz CT molecular complexity index is 899. The first-order valence-electron chi connectivity index (χ1n) is 7.41. The van der Waals surface area contributed by atoms with Gasteiger partial charge in [0.2, 0.25) is 0 Å². The highest BCUT2D eigenvalue weighted by atomic mass is 32.1. The molecule has 6 heteroatoms. The number of rotatable bonds is 5. The molecule has 0 aromatic carbocycles. The monoisotopic (exact) mass is 321 g/mol. The number of nitrogens with one attached hydrogen (secondary N) is 1. The Balaban J connectivity index is 1.53. The van der Waals surface area contributed by atoms with Crippen molar-refractivity contribution in [1.29, 1.82) is 0 Å². The van der Waals surface area contributed by atoms with E-state index in [1.165, 1.54) is 5.56 Å². The third-order valence-electron chi connectivity index (χ3n) is 3.58. The molecule has 114 valence electrons. The zero-order valence-electron chi connectivity index (χ0n) is 12.4. The van der Waals surface area contributed by atoms with Crippen LogP contribution < -0.4 is 5.32 Å². The van der Waals surface area contributed by atoms with Gasteiger partial charge in [-0.1, -0.05) is 12.1 Å². The summed E-state index contributed by atoms with van der Waals surface area (Å²) in [7, 11) is 0. The highest BCUT2D eigenvalue weighted by molar-refractivity contribution is 7.13. The van der Waals surface area contributed by atoms with Gasteiger partial charge in [-0.25, -0.2) is 9.50 Å². The lowest BCUT2D eigenvalue weighted by Gasteiger charge is -2.06. The number of hydrogen-bond donors (Lipinski definition) is 1. The molecular weight excluding hydrogens is 306 g/mol. The van der Waals surface area contributed by atoms with Gasteiger partial charge in [0, 0.05) is 18.9 Å². The van der Waals surface area contributed by atoms with Crippen LogP contribution >= 0.6 is 11.3 Å². The number of thiophene rings is 1. The van der Waals surface area contributed by atoms with E-state index in [1.54, 1.807) is 17.5 Å². The van der Waals surface area contributed by atoms with Crippen LogP contribution in [0.4, 0.5) is 5.82 Å². The van der Waals surface area contributed by atoms with E-state index < -0.39 is 0 Å². The summed E-state index contributed by atoms with van der Waals surface area (Å²) in [6.45, 7) is 0.813. The quantitative estimate of drug-likeness (QED) is 0.611. The van der Waals surface area contributed by atoms with Gasteiger partial charge in [0.25, 0.3) is 0 Å². The normalized spacial score (nSPS) is 11.0. The summed E-state index contributed by atoms with van der Waals surface area (Å²) in [5.41, 5.74) is 3.08. The van der Waals surface area contributed by atoms with Crippen molar-refractivity contribution in [2.45, 2.75) is 6.42 Å². The number of aromatic nitrogens is 4. The van der Waals surface area contributed by atoms with Crippen LogP contribution in [0.2, 0.25) is 0 Å². The molecule has 0 radical (unpaired) electrons. The van der Waals surface area contributed by atoms with Gasteiger partial charge in [-0.15, -0.1) is 16.4 Å². The van der Waals surface area contributed by atoms with Gasteiger partial charge in [0.15, 0.2) is 5.65 Å². The zero-order chi connectivity index (χ0) is 15.5. The number of nitrogens with zero attached hydrogens (tertiary/aromatic N) is 4. The van der Waals surface area contributed by atoms with E-state index in [-0.39, 0.29) is 0 Å². The van der Waals surface area contributed by atoms with Crippen molar-refractivity contribution < 1.29 is 0 Å². The molecular formula is C17H15N5S. The molecule has 0 fully saturated rings. The van der Waals surface area contributed by atoms with Crippen molar-refractivity contribution in [3.63, 3.8) is 0 Å². The average Bonchev–Trinajstić information content (AvgIpc) is 3.24. The van der Waals surface area contributed by atoms with E-state index in [0.29, 0.717) is 0 Å². The number of imidazole rings is 1. The van der Waals surface area contributed by atoms with E-state index in [1.807, 2.05) is 41.2 Å². The molecule has 0 saturated heterocycles. The van der Waals surface area contributed by atoms with Crippen LogP contribution in [0.3, 0.4) is 0 Å². The molecule has 4 heterocycles. The van der Waals surface area contributed by atoms with Crippen LogP contribution in [-0.2, 0) is 6.42 Å². The number of hydrogen-bond acceptors (Lipinski definition) is 5.